The Balaban J connectivity index is 2.12. The van der Waals surface area contributed by atoms with Gasteiger partial charge in [0.2, 0.25) is 5.91 Å². The monoisotopic (exact) mass is 248 g/mol. The Bertz CT molecular complexity index is 408. The average molecular weight is 248 g/mol. The number of nitrogens with two attached hydrogens (primary N) is 1. The second-order valence-corrected chi connectivity index (χ2v) is 4.80. The molecule has 1 atom stereocenters. The van der Waals surface area contributed by atoms with E-state index >= 15 is 0 Å². The highest BCUT2D eigenvalue weighted by Gasteiger charge is 2.35. The molecule has 1 aliphatic heterocycles. The minimum atomic E-state index is -0.413. The molecule has 4 heteroatoms. The molecule has 0 bridgehead atoms. The molecule has 0 radical (unpaired) electrons. The largest absolute Gasteiger partial charge is 0.367 e. The summed E-state index contributed by atoms with van der Waals surface area (Å²) in [6.45, 7) is 4.25. The van der Waals surface area contributed by atoms with E-state index in [4.69, 9.17) is 10.5 Å². The SMILES string of the molecule is CC1(c2ccccc2)CN(C(=O)CCN)CCO1. The first-order valence-electron chi connectivity index (χ1n) is 6.33. The first kappa shape index (κ1) is 13.1. The quantitative estimate of drug-likeness (QED) is 0.871. The Morgan fingerprint density at radius 1 is 1.44 bits per heavy atom. The van der Waals surface area contributed by atoms with Gasteiger partial charge in [0.15, 0.2) is 0 Å². The molecule has 2 N–H and O–H groups in total. The van der Waals surface area contributed by atoms with Gasteiger partial charge in [-0.2, -0.15) is 0 Å². The Hall–Kier alpha value is -1.39. The molecular weight excluding hydrogens is 228 g/mol. The summed E-state index contributed by atoms with van der Waals surface area (Å²) in [5.41, 5.74) is 6.13. The van der Waals surface area contributed by atoms with E-state index in [2.05, 4.69) is 0 Å². The highest BCUT2D eigenvalue weighted by Crippen LogP contribution is 2.29. The van der Waals surface area contributed by atoms with E-state index in [1.54, 1.807) is 0 Å². The number of nitrogens with zero attached hydrogens (tertiary/aromatic N) is 1. The van der Waals surface area contributed by atoms with Crippen LogP contribution in [0, 0.1) is 0 Å². The van der Waals surface area contributed by atoms with Crippen molar-refractivity contribution in [3.8, 4) is 0 Å². The van der Waals surface area contributed by atoms with E-state index in [0.29, 0.717) is 32.7 Å². The van der Waals surface area contributed by atoms with Gasteiger partial charge < -0.3 is 15.4 Å². The van der Waals surface area contributed by atoms with Crippen molar-refractivity contribution >= 4 is 5.91 Å². The van der Waals surface area contributed by atoms with Crippen molar-refractivity contribution in [3.05, 3.63) is 35.9 Å². The maximum atomic E-state index is 11.9. The maximum Gasteiger partial charge on any atom is 0.224 e. The number of benzene rings is 1. The molecule has 1 fully saturated rings. The van der Waals surface area contributed by atoms with E-state index in [-0.39, 0.29) is 5.91 Å². The van der Waals surface area contributed by atoms with Gasteiger partial charge in [0.05, 0.1) is 13.2 Å². The van der Waals surface area contributed by atoms with Gasteiger partial charge in [-0.05, 0) is 12.5 Å². The number of hydrogen-bond acceptors (Lipinski definition) is 3. The van der Waals surface area contributed by atoms with Crippen LogP contribution in [0.2, 0.25) is 0 Å². The zero-order valence-corrected chi connectivity index (χ0v) is 10.8. The third-order valence-electron chi connectivity index (χ3n) is 3.37. The molecule has 1 heterocycles. The van der Waals surface area contributed by atoms with Crippen LogP contribution in [0.5, 0.6) is 0 Å². The molecule has 2 rings (SSSR count). The Labute approximate surface area is 108 Å². The van der Waals surface area contributed by atoms with Crippen molar-refractivity contribution in [2.24, 2.45) is 5.73 Å². The van der Waals surface area contributed by atoms with Gasteiger partial charge in [0.25, 0.3) is 0 Å². The molecule has 0 saturated carbocycles. The predicted octanol–water partition coefficient (Wildman–Crippen LogP) is 1.11. The lowest BCUT2D eigenvalue weighted by molar-refractivity contribution is -0.149. The fraction of sp³-hybridized carbons (Fsp3) is 0.500. The Morgan fingerprint density at radius 3 is 2.83 bits per heavy atom. The van der Waals surface area contributed by atoms with Crippen LogP contribution in [0.1, 0.15) is 18.9 Å². The lowest BCUT2D eigenvalue weighted by Gasteiger charge is -2.41. The standard InChI is InChI=1S/C14H20N2O2/c1-14(12-5-3-2-4-6-12)11-16(9-10-18-14)13(17)7-8-15/h2-6H,7-11,15H2,1H3. The first-order chi connectivity index (χ1) is 8.65. The highest BCUT2D eigenvalue weighted by molar-refractivity contribution is 5.76. The number of amides is 1. The molecule has 1 amide bonds. The summed E-state index contributed by atoms with van der Waals surface area (Å²) < 4.78 is 5.88. The van der Waals surface area contributed by atoms with E-state index < -0.39 is 5.60 Å². The third-order valence-corrected chi connectivity index (χ3v) is 3.37. The fourth-order valence-electron chi connectivity index (χ4n) is 2.33. The van der Waals surface area contributed by atoms with Gasteiger partial charge in [-0.1, -0.05) is 30.3 Å². The third kappa shape index (κ3) is 2.71. The Morgan fingerprint density at radius 2 is 2.17 bits per heavy atom. The zero-order valence-electron chi connectivity index (χ0n) is 10.8. The minimum Gasteiger partial charge on any atom is -0.367 e. The molecule has 18 heavy (non-hydrogen) atoms. The zero-order chi connectivity index (χ0) is 13.0. The highest BCUT2D eigenvalue weighted by atomic mass is 16.5. The Kier molecular flexibility index (Phi) is 3.99. The van der Waals surface area contributed by atoms with E-state index in [1.165, 1.54) is 0 Å². The molecule has 1 aromatic rings. The van der Waals surface area contributed by atoms with Crippen LogP contribution in [0.25, 0.3) is 0 Å². The van der Waals surface area contributed by atoms with E-state index in [0.717, 1.165) is 5.56 Å². The number of hydrogen-bond donors (Lipinski definition) is 1. The summed E-state index contributed by atoms with van der Waals surface area (Å²) >= 11 is 0. The van der Waals surface area contributed by atoms with Gasteiger partial charge in [0.1, 0.15) is 5.60 Å². The molecule has 0 aromatic heterocycles. The molecule has 4 nitrogen and oxygen atoms in total. The summed E-state index contributed by atoms with van der Waals surface area (Å²) in [5, 5.41) is 0. The van der Waals surface area contributed by atoms with E-state index in [9.17, 15) is 4.79 Å². The van der Waals surface area contributed by atoms with Crippen molar-refractivity contribution in [1.82, 2.24) is 4.90 Å². The summed E-state index contributed by atoms with van der Waals surface area (Å²) in [5.74, 6) is 0.114. The minimum absolute atomic E-state index is 0.114. The topological polar surface area (TPSA) is 55.6 Å². The van der Waals surface area contributed by atoms with Crippen molar-refractivity contribution in [3.63, 3.8) is 0 Å². The number of morpholine rings is 1. The lowest BCUT2D eigenvalue weighted by atomic mass is 9.94. The van der Waals surface area contributed by atoms with Crippen LogP contribution in [-0.2, 0) is 15.1 Å². The lowest BCUT2D eigenvalue weighted by Crippen LogP contribution is -2.50. The van der Waals surface area contributed by atoms with Gasteiger partial charge in [0, 0.05) is 19.5 Å². The number of rotatable bonds is 3. The predicted molar refractivity (Wildman–Crippen MR) is 70.0 cm³/mol. The van der Waals surface area contributed by atoms with Crippen molar-refractivity contribution < 1.29 is 9.53 Å². The maximum absolute atomic E-state index is 11.9. The number of carbonyl (C=O) groups is 1. The molecule has 0 spiro atoms. The van der Waals surface area contributed by atoms with E-state index in [1.807, 2.05) is 42.2 Å². The number of carbonyl (C=O) groups excluding carboxylic acids is 1. The normalized spacial score (nSPS) is 24.0. The summed E-state index contributed by atoms with van der Waals surface area (Å²) in [6, 6.07) is 10.0. The van der Waals surface area contributed by atoms with Gasteiger partial charge in [-0.3, -0.25) is 4.79 Å². The second-order valence-electron chi connectivity index (χ2n) is 4.80. The number of ether oxygens (including phenoxy) is 1. The van der Waals surface area contributed by atoms with Crippen LogP contribution >= 0.6 is 0 Å². The average Bonchev–Trinajstić information content (AvgIpc) is 2.40. The summed E-state index contributed by atoms with van der Waals surface area (Å²) in [7, 11) is 0. The van der Waals surface area contributed by atoms with Crippen molar-refractivity contribution in [2.45, 2.75) is 18.9 Å². The molecule has 98 valence electrons. The molecule has 0 aliphatic carbocycles. The molecule has 1 aliphatic rings. The van der Waals surface area contributed by atoms with Crippen molar-refractivity contribution in [1.29, 1.82) is 0 Å². The van der Waals surface area contributed by atoms with Gasteiger partial charge in [-0.15, -0.1) is 0 Å². The van der Waals surface area contributed by atoms with Crippen LogP contribution in [0.15, 0.2) is 30.3 Å². The molecule has 1 unspecified atom stereocenters. The molecule has 1 saturated heterocycles. The van der Waals surface area contributed by atoms with Crippen LogP contribution in [-0.4, -0.2) is 37.0 Å². The van der Waals surface area contributed by atoms with Crippen LogP contribution in [0.3, 0.4) is 0 Å². The van der Waals surface area contributed by atoms with Crippen LogP contribution in [0.4, 0.5) is 0 Å². The van der Waals surface area contributed by atoms with Crippen molar-refractivity contribution in [2.75, 3.05) is 26.2 Å². The fourth-order valence-corrected chi connectivity index (χ4v) is 2.33. The first-order valence-corrected chi connectivity index (χ1v) is 6.33. The second kappa shape index (κ2) is 5.50. The smallest absolute Gasteiger partial charge is 0.224 e. The molecular formula is C14H20N2O2. The van der Waals surface area contributed by atoms with Crippen LogP contribution < -0.4 is 5.73 Å². The molecule has 1 aromatic carbocycles. The van der Waals surface area contributed by atoms with Gasteiger partial charge >= 0.3 is 0 Å². The summed E-state index contributed by atoms with van der Waals surface area (Å²) in [6.07, 6.45) is 0.408. The van der Waals surface area contributed by atoms with Gasteiger partial charge in [-0.25, -0.2) is 0 Å². The summed E-state index contributed by atoms with van der Waals surface area (Å²) in [4.78, 5) is 13.8.